The van der Waals surface area contributed by atoms with Crippen LogP contribution in [0.4, 0.5) is 0 Å². The van der Waals surface area contributed by atoms with Crippen LogP contribution < -0.4 is 5.32 Å². The molecule has 2 heterocycles. The van der Waals surface area contributed by atoms with Crippen molar-refractivity contribution < 1.29 is 13.2 Å². The highest BCUT2D eigenvalue weighted by Gasteiger charge is 2.33. The molecule has 1 aromatic heterocycles. The summed E-state index contributed by atoms with van der Waals surface area (Å²) in [7, 11) is -3.57. The Hall–Kier alpha value is -1.71. The van der Waals surface area contributed by atoms with E-state index in [1.165, 1.54) is 4.31 Å². The zero-order chi connectivity index (χ0) is 18.9. The molecule has 1 aliphatic heterocycles. The van der Waals surface area contributed by atoms with E-state index in [9.17, 15) is 13.2 Å². The normalized spacial score (nSPS) is 16.6. The summed E-state index contributed by atoms with van der Waals surface area (Å²) in [5, 5.41) is 9.70. The van der Waals surface area contributed by atoms with Crippen molar-refractivity contribution in [3.8, 4) is 0 Å². The number of aromatic nitrogens is 2. The molecule has 1 fully saturated rings. The maximum atomic E-state index is 12.9. The van der Waals surface area contributed by atoms with Crippen LogP contribution in [0.5, 0.6) is 0 Å². The maximum absolute atomic E-state index is 12.9. The highest BCUT2D eigenvalue weighted by Crippen LogP contribution is 2.25. The topological polar surface area (TPSA) is 95.2 Å². The van der Waals surface area contributed by atoms with Crippen molar-refractivity contribution in [2.24, 2.45) is 0 Å². The van der Waals surface area contributed by atoms with E-state index < -0.39 is 10.0 Å². The summed E-state index contributed by atoms with van der Waals surface area (Å²) in [5.41, 5.74) is 1.61. The van der Waals surface area contributed by atoms with Crippen LogP contribution >= 0.6 is 15.9 Å². The molecule has 2 aromatic rings. The number of aromatic amines is 1. The van der Waals surface area contributed by atoms with Gasteiger partial charge in [0.2, 0.25) is 10.0 Å². The number of hydrogen-bond donors (Lipinski definition) is 2. The summed E-state index contributed by atoms with van der Waals surface area (Å²) in [6.07, 6.45) is 1.16. The fourth-order valence-electron chi connectivity index (χ4n) is 3.19. The van der Waals surface area contributed by atoms with Crippen LogP contribution in [0, 0.1) is 13.8 Å². The molecule has 1 aromatic carbocycles. The summed E-state index contributed by atoms with van der Waals surface area (Å²) in [5.74, 6) is -0.144. The molecular weight excluding hydrogens is 420 g/mol. The number of nitrogens with zero attached hydrogens (tertiary/aromatic N) is 2. The Kier molecular flexibility index (Phi) is 5.50. The van der Waals surface area contributed by atoms with Gasteiger partial charge in [-0.1, -0.05) is 22.0 Å². The maximum Gasteiger partial charge on any atom is 0.251 e. The van der Waals surface area contributed by atoms with Gasteiger partial charge in [-0.3, -0.25) is 9.89 Å². The number of sulfonamides is 1. The van der Waals surface area contributed by atoms with Gasteiger partial charge in [-0.25, -0.2) is 8.42 Å². The van der Waals surface area contributed by atoms with Crippen LogP contribution in [0.2, 0.25) is 0 Å². The molecule has 2 N–H and O–H groups in total. The van der Waals surface area contributed by atoms with Crippen LogP contribution in [-0.2, 0) is 10.0 Å². The van der Waals surface area contributed by atoms with E-state index in [4.69, 9.17) is 0 Å². The molecule has 9 heteroatoms. The van der Waals surface area contributed by atoms with E-state index >= 15 is 0 Å². The third kappa shape index (κ3) is 3.84. The van der Waals surface area contributed by atoms with Gasteiger partial charge < -0.3 is 5.32 Å². The number of nitrogens with one attached hydrogen (secondary N) is 2. The van der Waals surface area contributed by atoms with Gasteiger partial charge in [-0.2, -0.15) is 9.40 Å². The predicted octanol–water partition coefficient (Wildman–Crippen LogP) is 2.37. The standard InChI is InChI=1S/C17H21BrN4O3S/c1-11-16(12(2)21-20-11)26(24,25)22-8-6-15(7-9-22)19-17(23)13-4-3-5-14(18)10-13/h3-5,10,15H,6-9H2,1-2H3,(H,19,23)(H,20,21). The quantitative estimate of drug-likeness (QED) is 0.762. The van der Waals surface area contributed by atoms with Crippen molar-refractivity contribution >= 4 is 31.9 Å². The second kappa shape index (κ2) is 7.50. The zero-order valence-electron chi connectivity index (χ0n) is 14.6. The third-order valence-electron chi connectivity index (χ3n) is 4.53. The van der Waals surface area contributed by atoms with Crippen molar-refractivity contribution in [1.82, 2.24) is 19.8 Å². The van der Waals surface area contributed by atoms with Crippen molar-refractivity contribution in [3.63, 3.8) is 0 Å². The number of amides is 1. The Morgan fingerprint density at radius 2 is 2.00 bits per heavy atom. The molecule has 1 amide bonds. The first-order valence-electron chi connectivity index (χ1n) is 8.37. The highest BCUT2D eigenvalue weighted by molar-refractivity contribution is 9.10. The minimum Gasteiger partial charge on any atom is -0.349 e. The minimum absolute atomic E-state index is 0.0422. The average molecular weight is 441 g/mol. The molecule has 1 saturated heterocycles. The van der Waals surface area contributed by atoms with Crippen LogP contribution in [0.15, 0.2) is 33.6 Å². The number of piperidine rings is 1. The molecule has 26 heavy (non-hydrogen) atoms. The summed E-state index contributed by atoms with van der Waals surface area (Å²) in [6, 6.07) is 7.15. The van der Waals surface area contributed by atoms with Gasteiger partial charge in [0.15, 0.2) is 0 Å². The summed E-state index contributed by atoms with van der Waals surface area (Å²) in [6.45, 7) is 4.13. The first kappa shape index (κ1) is 19.1. The van der Waals surface area contributed by atoms with E-state index in [0.29, 0.717) is 42.9 Å². The van der Waals surface area contributed by atoms with Gasteiger partial charge >= 0.3 is 0 Å². The van der Waals surface area contributed by atoms with Crippen LogP contribution in [-0.4, -0.2) is 48.0 Å². The molecule has 0 bridgehead atoms. The van der Waals surface area contributed by atoms with Gasteiger partial charge in [-0.15, -0.1) is 0 Å². The first-order chi connectivity index (χ1) is 12.3. The second-order valence-corrected chi connectivity index (χ2v) is 9.22. The van der Waals surface area contributed by atoms with E-state index in [2.05, 4.69) is 31.4 Å². The Labute approximate surface area is 161 Å². The van der Waals surface area contributed by atoms with Gasteiger partial charge in [-0.05, 0) is 44.9 Å². The van der Waals surface area contributed by atoms with Gasteiger partial charge in [0.05, 0.1) is 11.4 Å². The molecule has 0 unspecified atom stereocenters. The Morgan fingerprint density at radius 1 is 1.31 bits per heavy atom. The molecule has 0 saturated carbocycles. The number of H-pyrrole nitrogens is 1. The van der Waals surface area contributed by atoms with E-state index in [1.807, 2.05) is 12.1 Å². The Morgan fingerprint density at radius 3 is 2.58 bits per heavy atom. The third-order valence-corrected chi connectivity index (χ3v) is 7.19. The number of rotatable bonds is 4. The molecule has 0 radical (unpaired) electrons. The summed E-state index contributed by atoms with van der Waals surface area (Å²) >= 11 is 3.35. The smallest absolute Gasteiger partial charge is 0.251 e. The highest BCUT2D eigenvalue weighted by atomic mass is 79.9. The molecule has 7 nitrogen and oxygen atoms in total. The monoisotopic (exact) mass is 440 g/mol. The molecule has 0 aliphatic carbocycles. The Bertz CT molecular complexity index is 898. The number of carbonyl (C=O) groups excluding carboxylic acids is 1. The van der Waals surface area contributed by atoms with E-state index in [1.54, 1.807) is 26.0 Å². The number of halogens is 1. The summed E-state index contributed by atoms with van der Waals surface area (Å²) in [4.78, 5) is 12.6. The van der Waals surface area contributed by atoms with Crippen molar-refractivity contribution in [2.75, 3.05) is 13.1 Å². The van der Waals surface area contributed by atoms with Crippen molar-refractivity contribution in [1.29, 1.82) is 0 Å². The fraction of sp³-hybridized carbons (Fsp3) is 0.412. The Balaban J connectivity index is 1.63. The van der Waals surface area contributed by atoms with Gasteiger partial charge in [0, 0.05) is 29.2 Å². The minimum atomic E-state index is -3.57. The largest absolute Gasteiger partial charge is 0.349 e. The lowest BCUT2D eigenvalue weighted by molar-refractivity contribution is 0.0924. The molecule has 0 atom stereocenters. The van der Waals surface area contributed by atoms with Crippen LogP contribution in [0.3, 0.4) is 0 Å². The van der Waals surface area contributed by atoms with Gasteiger partial charge in [0.1, 0.15) is 4.90 Å². The SMILES string of the molecule is Cc1n[nH]c(C)c1S(=O)(=O)N1CCC(NC(=O)c2cccc(Br)c2)CC1. The first-order valence-corrected chi connectivity index (χ1v) is 10.6. The summed E-state index contributed by atoms with van der Waals surface area (Å²) < 4.78 is 28.0. The zero-order valence-corrected chi connectivity index (χ0v) is 17.0. The molecule has 3 rings (SSSR count). The molecule has 1 aliphatic rings. The van der Waals surface area contributed by atoms with Crippen molar-refractivity contribution in [2.45, 2.75) is 37.6 Å². The van der Waals surface area contributed by atoms with E-state index in [-0.39, 0.29) is 16.8 Å². The number of hydrogen-bond acceptors (Lipinski definition) is 4. The van der Waals surface area contributed by atoms with E-state index in [0.717, 1.165) is 4.47 Å². The van der Waals surface area contributed by atoms with Gasteiger partial charge in [0.25, 0.3) is 5.91 Å². The predicted molar refractivity (Wildman–Crippen MR) is 101 cm³/mol. The number of aryl methyl sites for hydroxylation is 2. The van der Waals surface area contributed by atoms with Crippen LogP contribution in [0.1, 0.15) is 34.6 Å². The van der Waals surface area contributed by atoms with Crippen molar-refractivity contribution in [3.05, 3.63) is 45.7 Å². The molecular formula is C17H21BrN4O3S. The number of carbonyl (C=O) groups is 1. The van der Waals surface area contributed by atoms with Crippen LogP contribution in [0.25, 0.3) is 0 Å². The molecule has 140 valence electrons. The lowest BCUT2D eigenvalue weighted by Crippen LogP contribution is -2.46. The number of benzene rings is 1. The second-order valence-electron chi connectivity index (χ2n) is 6.43. The lowest BCUT2D eigenvalue weighted by atomic mass is 10.1. The fourth-order valence-corrected chi connectivity index (χ4v) is 5.39. The average Bonchev–Trinajstić information content (AvgIpc) is 2.94. The molecule has 0 spiro atoms. The lowest BCUT2D eigenvalue weighted by Gasteiger charge is -2.31.